The molecule has 0 aliphatic carbocycles. The van der Waals surface area contributed by atoms with Gasteiger partial charge in [-0.2, -0.15) is 4.31 Å². The maximum atomic E-state index is 11.5. The van der Waals surface area contributed by atoms with Crippen molar-refractivity contribution < 1.29 is 8.42 Å². The summed E-state index contributed by atoms with van der Waals surface area (Å²) < 4.78 is 24.7. The second-order valence-electron chi connectivity index (χ2n) is 3.97. The summed E-state index contributed by atoms with van der Waals surface area (Å²) in [5.74, 6) is 0. The van der Waals surface area contributed by atoms with Gasteiger partial charge in [0.25, 0.3) is 0 Å². The Bertz CT molecular complexity index is 275. The number of nitrogens with zero attached hydrogens (tertiary/aromatic N) is 1. The molecule has 5 heteroatoms. The molecule has 0 aromatic rings. The minimum atomic E-state index is -2.99. The Morgan fingerprint density at radius 2 is 1.92 bits per heavy atom. The van der Waals surface area contributed by atoms with E-state index in [1.54, 1.807) is 4.31 Å². The highest BCUT2D eigenvalue weighted by Gasteiger charge is 2.40. The van der Waals surface area contributed by atoms with Crippen LogP contribution in [0.3, 0.4) is 0 Å². The van der Waals surface area contributed by atoms with Crippen LogP contribution in [0, 0.1) is 0 Å². The number of fused-ring (bicyclic) bond motifs is 2. The topological polar surface area (TPSA) is 49.4 Å². The van der Waals surface area contributed by atoms with Crippen molar-refractivity contribution in [1.29, 1.82) is 0 Å². The summed E-state index contributed by atoms with van der Waals surface area (Å²) in [6, 6.07) is 0.470. The van der Waals surface area contributed by atoms with E-state index in [0.29, 0.717) is 0 Å². The summed E-state index contributed by atoms with van der Waals surface area (Å²) in [5.41, 5.74) is 0. The molecule has 2 saturated heterocycles. The van der Waals surface area contributed by atoms with Gasteiger partial charge in [0.05, 0.1) is 6.26 Å². The molecule has 76 valence electrons. The summed E-state index contributed by atoms with van der Waals surface area (Å²) in [6.07, 6.45) is 4.34. The van der Waals surface area contributed by atoms with Gasteiger partial charge < -0.3 is 5.32 Å². The molecule has 13 heavy (non-hydrogen) atoms. The molecule has 0 radical (unpaired) electrons. The fourth-order valence-electron chi connectivity index (χ4n) is 2.48. The largest absolute Gasteiger partial charge is 0.315 e. The lowest BCUT2D eigenvalue weighted by atomic mass is 10.1. The molecule has 0 amide bonds. The Morgan fingerprint density at radius 1 is 1.23 bits per heavy atom. The van der Waals surface area contributed by atoms with E-state index in [1.165, 1.54) is 6.26 Å². The monoisotopic (exact) mass is 204 g/mol. The Hall–Kier alpha value is -0.130. The molecule has 2 bridgehead atoms. The molecule has 1 N–H and O–H groups in total. The Balaban J connectivity index is 2.26. The second-order valence-corrected chi connectivity index (χ2v) is 5.86. The summed E-state index contributed by atoms with van der Waals surface area (Å²) in [4.78, 5) is 0. The van der Waals surface area contributed by atoms with Crippen LogP contribution in [0.5, 0.6) is 0 Å². The van der Waals surface area contributed by atoms with Crippen LogP contribution >= 0.6 is 0 Å². The van der Waals surface area contributed by atoms with Crippen molar-refractivity contribution in [3.05, 3.63) is 0 Å². The first-order valence-corrected chi connectivity index (χ1v) is 6.63. The minimum absolute atomic E-state index is 0.211. The lowest BCUT2D eigenvalue weighted by Crippen LogP contribution is -2.41. The van der Waals surface area contributed by atoms with Crippen molar-refractivity contribution in [2.75, 3.05) is 19.3 Å². The highest BCUT2D eigenvalue weighted by atomic mass is 32.2. The molecule has 2 aliphatic heterocycles. The average Bonchev–Trinajstić information content (AvgIpc) is 2.22. The third-order valence-corrected chi connectivity index (χ3v) is 4.33. The SMILES string of the molecule is CS(=O)(=O)N1C2CCNCC1CC2. The summed E-state index contributed by atoms with van der Waals surface area (Å²) in [7, 11) is -2.99. The van der Waals surface area contributed by atoms with Gasteiger partial charge in [0.1, 0.15) is 0 Å². The van der Waals surface area contributed by atoms with Crippen molar-refractivity contribution in [3.63, 3.8) is 0 Å². The van der Waals surface area contributed by atoms with Crippen LogP contribution in [0.15, 0.2) is 0 Å². The molecule has 0 aromatic heterocycles. The van der Waals surface area contributed by atoms with Crippen molar-refractivity contribution in [3.8, 4) is 0 Å². The van der Waals surface area contributed by atoms with Crippen LogP contribution in [0.25, 0.3) is 0 Å². The highest BCUT2D eigenvalue weighted by Crippen LogP contribution is 2.29. The Labute approximate surface area is 79.4 Å². The molecule has 2 rings (SSSR count). The van der Waals surface area contributed by atoms with Crippen LogP contribution in [0.2, 0.25) is 0 Å². The second kappa shape index (κ2) is 3.22. The molecule has 2 aliphatic rings. The number of sulfonamides is 1. The molecule has 0 aromatic carbocycles. The lowest BCUT2D eigenvalue weighted by Gasteiger charge is -2.24. The number of hydrogen-bond donors (Lipinski definition) is 1. The maximum Gasteiger partial charge on any atom is 0.211 e. The summed E-state index contributed by atoms with van der Waals surface area (Å²) in [5, 5.41) is 3.27. The van der Waals surface area contributed by atoms with Crippen molar-refractivity contribution in [1.82, 2.24) is 9.62 Å². The van der Waals surface area contributed by atoms with Gasteiger partial charge in [-0.05, 0) is 25.8 Å². The van der Waals surface area contributed by atoms with Gasteiger partial charge in [-0.25, -0.2) is 8.42 Å². The fourth-order valence-corrected chi connectivity index (χ4v) is 3.95. The van der Waals surface area contributed by atoms with Crippen molar-refractivity contribution >= 4 is 10.0 Å². The standard InChI is InChI=1S/C8H16N2O2S/c1-13(11,12)10-7-2-3-8(10)6-9-5-4-7/h7-9H,2-6H2,1H3. The lowest BCUT2D eigenvalue weighted by molar-refractivity contribution is 0.337. The minimum Gasteiger partial charge on any atom is -0.315 e. The van der Waals surface area contributed by atoms with Crippen LogP contribution < -0.4 is 5.32 Å². The van der Waals surface area contributed by atoms with Gasteiger partial charge in [-0.3, -0.25) is 0 Å². The van der Waals surface area contributed by atoms with Crippen LogP contribution in [0.1, 0.15) is 19.3 Å². The van der Waals surface area contributed by atoms with Gasteiger partial charge in [0.2, 0.25) is 10.0 Å². The quantitative estimate of drug-likeness (QED) is 0.642. The summed E-state index contributed by atoms with van der Waals surface area (Å²) >= 11 is 0. The van der Waals surface area contributed by atoms with E-state index in [1.807, 2.05) is 0 Å². The van der Waals surface area contributed by atoms with Crippen LogP contribution in [0.4, 0.5) is 0 Å². The van der Waals surface area contributed by atoms with Crippen molar-refractivity contribution in [2.24, 2.45) is 0 Å². The van der Waals surface area contributed by atoms with Crippen molar-refractivity contribution in [2.45, 2.75) is 31.3 Å². The first kappa shape index (κ1) is 9.43. The molecular weight excluding hydrogens is 188 g/mol. The molecule has 2 fully saturated rings. The molecule has 0 saturated carbocycles. The van der Waals surface area contributed by atoms with Gasteiger partial charge >= 0.3 is 0 Å². The third-order valence-electron chi connectivity index (χ3n) is 2.97. The van der Waals surface area contributed by atoms with Gasteiger partial charge in [0.15, 0.2) is 0 Å². The molecule has 2 heterocycles. The zero-order chi connectivity index (χ0) is 9.47. The molecular formula is C8H16N2O2S. The number of rotatable bonds is 1. The fraction of sp³-hybridized carbons (Fsp3) is 1.00. The van der Waals surface area contributed by atoms with E-state index in [2.05, 4.69) is 5.32 Å². The zero-order valence-electron chi connectivity index (χ0n) is 7.86. The predicted octanol–water partition coefficient (Wildman–Crippen LogP) is -0.228. The number of hydrogen-bond acceptors (Lipinski definition) is 3. The van der Waals surface area contributed by atoms with Crippen LogP contribution in [-0.2, 0) is 10.0 Å². The highest BCUT2D eigenvalue weighted by molar-refractivity contribution is 7.88. The van der Waals surface area contributed by atoms with E-state index in [0.717, 1.165) is 32.4 Å². The maximum absolute atomic E-state index is 11.5. The molecule has 2 atom stereocenters. The first-order valence-electron chi connectivity index (χ1n) is 4.78. The first-order chi connectivity index (χ1) is 6.09. The predicted molar refractivity (Wildman–Crippen MR) is 51.0 cm³/mol. The van der Waals surface area contributed by atoms with Gasteiger partial charge in [-0.1, -0.05) is 0 Å². The van der Waals surface area contributed by atoms with E-state index >= 15 is 0 Å². The third kappa shape index (κ3) is 1.73. The Kier molecular flexibility index (Phi) is 2.33. The molecule has 2 unspecified atom stereocenters. The number of nitrogens with one attached hydrogen (secondary N) is 1. The molecule has 4 nitrogen and oxygen atoms in total. The van der Waals surface area contributed by atoms with E-state index in [9.17, 15) is 8.42 Å². The summed E-state index contributed by atoms with van der Waals surface area (Å²) in [6.45, 7) is 1.77. The Morgan fingerprint density at radius 3 is 2.62 bits per heavy atom. The van der Waals surface area contributed by atoms with Crippen LogP contribution in [-0.4, -0.2) is 44.2 Å². The van der Waals surface area contributed by atoms with E-state index < -0.39 is 10.0 Å². The zero-order valence-corrected chi connectivity index (χ0v) is 8.68. The van der Waals surface area contributed by atoms with Gasteiger partial charge in [-0.15, -0.1) is 0 Å². The van der Waals surface area contributed by atoms with Gasteiger partial charge in [0, 0.05) is 18.6 Å². The van der Waals surface area contributed by atoms with E-state index in [4.69, 9.17) is 0 Å². The van der Waals surface area contributed by atoms with E-state index in [-0.39, 0.29) is 12.1 Å². The smallest absolute Gasteiger partial charge is 0.211 e. The normalized spacial score (nSPS) is 36.1. The molecule has 0 spiro atoms. The average molecular weight is 204 g/mol.